The minimum atomic E-state index is -0.367. The zero-order chi connectivity index (χ0) is 21.2. The van der Waals surface area contributed by atoms with Crippen LogP contribution in [-0.2, 0) is 9.47 Å². The molecule has 2 fully saturated rings. The van der Waals surface area contributed by atoms with Crippen molar-refractivity contribution in [2.75, 3.05) is 13.2 Å². The summed E-state index contributed by atoms with van der Waals surface area (Å²) in [5, 5.41) is 0. The molecule has 0 atom stereocenters. The maximum Gasteiger partial charge on any atom is 0.349 e. The highest BCUT2D eigenvalue weighted by molar-refractivity contribution is 7.17. The van der Waals surface area contributed by atoms with E-state index in [2.05, 4.69) is 0 Å². The van der Waals surface area contributed by atoms with Gasteiger partial charge in [-0.2, -0.15) is 0 Å². The van der Waals surface area contributed by atoms with Crippen molar-refractivity contribution in [2.24, 2.45) is 11.8 Å². The van der Waals surface area contributed by atoms with Gasteiger partial charge in [-0.15, -0.1) is 11.3 Å². The maximum absolute atomic E-state index is 13.1. The summed E-state index contributed by atoms with van der Waals surface area (Å²) in [5.74, 6) is 0.213. The average molecular weight is 433 g/mol. The fraction of sp³-hybridized carbons (Fsp3) is 0.308. The molecule has 0 aliphatic heterocycles. The molecule has 158 valence electrons. The van der Waals surface area contributed by atoms with Crippen molar-refractivity contribution in [2.45, 2.75) is 25.7 Å². The first kappa shape index (κ1) is 20.0. The molecule has 1 heterocycles. The standard InChI is InChI=1S/C26H24O4S/c27-25(29-15-17-11-12-17)23-21(19-7-3-1-4-8-19)22(20-9-5-2-6-10-20)24(31-23)26(28)30-16-18-13-14-18/h1-10,17-18H,11-16H2. The molecule has 0 unspecified atom stereocenters. The third-order valence-corrected chi connectivity index (χ3v) is 6.85. The van der Waals surface area contributed by atoms with Gasteiger partial charge in [0, 0.05) is 11.1 Å². The fourth-order valence-corrected chi connectivity index (χ4v) is 4.70. The first-order valence-electron chi connectivity index (χ1n) is 10.8. The summed E-state index contributed by atoms with van der Waals surface area (Å²) in [6.45, 7) is 0.875. The molecule has 0 saturated heterocycles. The van der Waals surface area contributed by atoms with Gasteiger partial charge in [-0.3, -0.25) is 0 Å². The molecule has 2 saturated carbocycles. The summed E-state index contributed by atoms with van der Waals surface area (Å²) in [7, 11) is 0. The lowest BCUT2D eigenvalue weighted by Crippen LogP contribution is -2.07. The number of carbonyl (C=O) groups excluding carboxylic acids is 2. The smallest absolute Gasteiger partial charge is 0.349 e. The van der Waals surface area contributed by atoms with E-state index in [4.69, 9.17) is 9.47 Å². The first-order valence-corrected chi connectivity index (χ1v) is 11.6. The largest absolute Gasteiger partial charge is 0.461 e. The van der Waals surface area contributed by atoms with Crippen molar-refractivity contribution in [1.82, 2.24) is 0 Å². The van der Waals surface area contributed by atoms with Gasteiger partial charge in [0.15, 0.2) is 0 Å². The van der Waals surface area contributed by atoms with Crippen molar-refractivity contribution in [3.8, 4) is 22.3 Å². The van der Waals surface area contributed by atoms with Crippen LogP contribution in [0.3, 0.4) is 0 Å². The predicted molar refractivity (Wildman–Crippen MR) is 121 cm³/mol. The van der Waals surface area contributed by atoms with Crippen molar-refractivity contribution in [3.63, 3.8) is 0 Å². The average Bonchev–Trinajstić information content (AvgIpc) is 3.74. The van der Waals surface area contributed by atoms with Crippen molar-refractivity contribution >= 4 is 23.3 Å². The van der Waals surface area contributed by atoms with Crippen LogP contribution in [0.4, 0.5) is 0 Å². The first-order chi connectivity index (χ1) is 15.2. The molecule has 2 aliphatic rings. The number of esters is 2. The molecule has 5 heteroatoms. The number of thiophene rings is 1. The zero-order valence-corrected chi connectivity index (χ0v) is 18.0. The van der Waals surface area contributed by atoms with Gasteiger partial charge in [0.25, 0.3) is 0 Å². The Morgan fingerprint density at radius 3 is 1.42 bits per heavy atom. The molecule has 1 aromatic heterocycles. The van der Waals surface area contributed by atoms with E-state index >= 15 is 0 Å². The Bertz CT molecular complexity index is 993. The number of carbonyl (C=O) groups is 2. The minimum absolute atomic E-state index is 0.367. The Kier molecular flexibility index (Phi) is 5.60. The van der Waals surface area contributed by atoms with Gasteiger partial charge < -0.3 is 9.47 Å². The van der Waals surface area contributed by atoms with Gasteiger partial charge in [-0.05, 0) is 48.6 Å². The molecule has 2 aromatic carbocycles. The lowest BCUT2D eigenvalue weighted by molar-refractivity contribution is 0.0486. The van der Waals surface area contributed by atoms with Gasteiger partial charge in [0.2, 0.25) is 0 Å². The molecule has 5 rings (SSSR count). The summed E-state index contributed by atoms with van der Waals surface area (Å²) < 4.78 is 11.3. The summed E-state index contributed by atoms with van der Waals surface area (Å²) in [6.07, 6.45) is 4.43. The Morgan fingerprint density at radius 2 is 1.06 bits per heavy atom. The van der Waals surface area contributed by atoms with Gasteiger partial charge in [-0.1, -0.05) is 60.7 Å². The number of rotatable bonds is 8. The number of hydrogen-bond acceptors (Lipinski definition) is 5. The highest BCUT2D eigenvalue weighted by Crippen LogP contribution is 2.44. The molecular formula is C26H24O4S. The molecule has 0 N–H and O–H groups in total. The zero-order valence-electron chi connectivity index (χ0n) is 17.2. The fourth-order valence-electron chi connectivity index (χ4n) is 3.57. The number of benzene rings is 2. The van der Waals surface area contributed by atoms with E-state index in [1.54, 1.807) is 0 Å². The van der Waals surface area contributed by atoms with Crippen LogP contribution in [0.25, 0.3) is 22.3 Å². The summed E-state index contributed by atoms with van der Waals surface area (Å²) in [5.41, 5.74) is 3.27. The van der Waals surface area contributed by atoms with Crippen LogP contribution in [0.5, 0.6) is 0 Å². The molecule has 2 aliphatic carbocycles. The Balaban J connectivity index is 1.62. The maximum atomic E-state index is 13.1. The van der Waals surface area contributed by atoms with Gasteiger partial charge in [-0.25, -0.2) is 9.59 Å². The molecule has 3 aromatic rings. The molecule has 0 spiro atoms. The molecule has 0 radical (unpaired) electrons. The van der Waals surface area contributed by atoms with E-state index in [-0.39, 0.29) is 11.9 Å². The lowest BCUT2D eigenvalue weighted by Gasteiger charge is -2.10. The van der Waals surface area contributed by atoms with E-state index in [9.17, 15) is 9.59 Å². The molecule has 0 bridgehead atoms. The van der Waals surface area contributed by atoms with Crippen LogP contribution in [-0.4, -0.2) is 25.2 Å². The highest BCUT2D eigenvalue weighted by Gasteiger charge is 2.32. The van der Waals surface area contributed by atoms with Crippen LogP contribution in [0.15, 0.2) is 60.7 Å². The third-order valence-electron chi connectivity index (χ3n) is 5.70. The highest BCUT2D eigenvalue weighted by atomic mass is 32.1. The Hall–Kier alpha value is -2.92. The van der Waals surface area contributed by atoms with E-state index in [1.807, 2.05) is 60.7 Å². The van der Waals surface area contributed by atoms with E-state index in [0.717, 1.165) is 47.9 Å². The van der Waals surface area contributed by atoms with E-state index < -0.39 is 0 Å². The van der Waals surface area contributed by atoms with Crippen LogP contribution in [0.1, 0.15) is 45.0 Å². The van der Waals surface area contributed by atoms with Gasteiger partial charge >= 0.3 is 11.9 Å². The van der Waals surface area contributed by atoms with Crippen LogP contribution in [0.2, 0.25) is 0 Å². The quantitative estimate of drug-likeness (QED) is 0.397. The van der Waals surface area contributed by atoms with Crippen molar-refractivity contribution in [3.05, 3.63) is 70.4 Å². The predicted octanol–water partition coefficient (Wildman–Crippen LogP) is 6.22. The van der Waals surface area contributed by atoms with Crippen LogP contribution < -0.4 is 0 Å². The Morgan fingerprint density at radius 1 is 0.677 bits per heavy atom. The molecule has 0 amide bonds. The normalized spacial score (nSPS) is 15.5. The second-order valence-electron chi connectivity index (χ2n) is 8.33. The minimum Gasteiger partial charge on any atom is -0.461 e. The third kappa shape index (κ3) is 4.57. The number of hydrogen-bond donors (Lipinski definition) is 0. The SMILES string of the molecule is O=C(OCC1CC1)c1sc(C(=O)OCC2CC2)c(-c2ccccc2)c1-c1ccccc1. The molecule has 4 nitrogen and oxygen atoms in total. The van der Waals surface area contributed by atoms with Gasteiger partial charge in [0.1, 0.15) is 9.75 Å². The lowest BCUT2D eigenvalue weighted by atomic mass is 9.94. The second kappa shape index (κ2) is 8.67. The van der Waals surface area contributed by atoms with Crippen LogP contribution >= 0.6 is 11.3 Å². The second-order valence-corrected chi connectivity index (χ2v) is 9.35. The molecular weight excluding hydrogens is 408 g/mol. The monoisotopic (exact) mass is 432 g/mol. The summed E-state index contributed by atoms with van der Waals surface area (Å²) in [6, 6.07) is 19.5. The topological polar surface area (TPSA) is 52.6 Å². The Labute approximate surface area is 185 Å². The van der Waals surface area contributed by atoms with Crippen LogP contribution in [0, 0.1) is 11.8 Å². The van der Waals surface area contributed by atoms with Gasteiger partial charge in [0.05, 0.1) is 13.2 Å². The molecule has 31 heavy (non-hydrogen) atoms. The summed E-state index contributed by atoms with van der Waals surface area (Å²) in [4.78, 5) is 27.1. The van der Waals surface area contributed by atoms with E-state index in [0.29, 0.717) is 34.8 Å². The summed E-state index contributed by atoms with van der Waals surface area (Å²) >= 11 is 1.19. The van der Waals surface area contributed by atoms with Crippen molar-refractivity contribution < 1.29 is 19.1 Å². The van der Waals surface area contributed by atoms with E-state index in [1.165, 1.54) is 11.3 Å². The number of ether oxygens (including phenoxy) is 2. The van der Waals surface area contributed by atoms with Crippen molar-refractivity contribution in [1.29, 1.82) is 0 Å².